The quantitative estimate of drug-likeness (QED) is 0.851. The summed E-state index contributed by atoms with van der Waals surface area (Å²) in [6.07, 6.45) is 0. The number of rotatable bonds is 4. The number of amides is 1. The fourth-order valence-corrected chi connectivity index (χ4v) is 1.94. The zero-order valence-corrected chi connectivity index (χ0v) is 12.1. The van der Waals surface area contributed by atoms with Crippen molar-refractivity contribution in [3.63, 3.8) is 0 Å². The third-order valence-corrected chi connectivity index (χ3v) is 3.03. The maximum atomic E-state index is 12.9. The maximum absolute atomic E-state index is 12.9. The number of carbonyl (C=O) groups excluding carboxylic acids is 1. The smallest absolute Gasteiger partial charge is 0.262 e. The maximum Gasteiger partial charge on any atom is 0.262 e. The van der Waals surface area contributed by atoms with Crippen LogP contribution < -0.4 is 15.8 Å². The molecule has 4 nitrogen and oxygen atoms in total. The molecule has 0 bridgehead atoms. The molecule has 21 heavy (non-hydrogen) atoms. The van der Waals surface area contributed by atoms with Gasteiger partial charge >= 0.3 is 0 Å². The number of anilines is 2. The van der Waals surface area contributed by atoms with Crippen molar-refractivity contribution in [1.82, 2.24) is 0 Å². The highest BCUT2D eigenvalue weighted by molar-refractivity contribution is 6.32. The number of ether oxygens (including phenoxy) is 1. The predicted molar refractivity (Wildman–Crippen MR) is 81.1 cm³/mol. The van der Waals surface area contributed by atoms with Crippen molar-refractivity contribution in [1.29, 1.82) is 0 Å². The molecule has 0 radical (unpaired) electrons. The standard InChI is InChI=1S/C15H14ClFN2O2/c1-9-2-4-13(12(18)6-9)19-15(20)8-21-14-5-3-10(17)7-11(14)16/h2-7H,8,18H2,1H3,(H,19,20). The summed E-state index contributed by atoms with van der Waals surface area (Å²) >= 11 is 5.80. The molecule has 0 aliphatic carbocycles. The number of nitrogens with two attached hydrogens (primary N) is 1. The summed E-state index contributed by atoms with van der Waals surface area (Å²) in [5.74, 6) is -0.611. The number of aryl methyl sites for hydroxylation is 1. The molecule has 0 aliphatic heterocycles. The molecule has 6 heteroatoms. The number of carbonyl (C=O) groups is 1. The van der Waals surface area contributed by atoms with Crippen LogP contribution in [0.15, 0.2) is 36.4 Å². The first-order valence-electron chi connectivity index (χ1n) is 6.19. The number of hydrogen-bond acceptors (Lipinski definition) is 3. The zero-order chi connectivity index (χ0) is 15.4. The van der Waals surface area contributed by atoms with Gasteiger partial charge in [0.25, 0.3) is 5.91 Å². The van der Waals surface area contributed by atoms with E-state index in [-0.39, 0.29) is 23.3 Å². The van der Waals surface area contributed by atoms with Crippen molar-refractivity contribution in [3.05, 3.63) is 52.8 Å². The molecule has 0 saturated heterocycles. The largest absolute Gasteiger partial charge is 0.482 e. The summed E-state index contributed by atoms with van der Waals surface area (Å²) in [5, 5.41) is 2.74. The van der Waals surface area contributed by atoms with Crippen LogP contribution in [0.5, 0.6) is 5.75 Å². The molecule has 0 spiro atoms. The van der Waals surface area contributed by atoms with Crippen LogP contribution >= 0.6 is 11.6 Å². The third kappa shape index (κ3) is 4.10. The van der Waals surface area contributed by atoms with Crippen molar-refractivity contribution < 1.29 is 13.9 Å². The van der Waals surface area contributed by atoms with E-state index in [0.717, 1.165) is 11.6 Å². The van der Waals surface area contributed by atoms with Gasteiger partial charge in [-0.2, -0.15) is 0 Å². The van der Waals surface area contributed by atoms with Gasteiger partial charge in [-0.05, 0) is 42.8 Å². The van der Waals surface area contributed by atoms with Gasteiger partial charge in [-0.1, -0.05) is 17.7 Å². The minimum Gasteiger partial charge on any atom is -0.482 e. The van der Waals surface area contributed by atoms with Crippen LogP contribution in [0.3, 0.4) is 0 Å². The van der Waals surface area contributed by atoms with Crippen LogP contribution in [0.4, 0.5) is 15.8 Å². The van der Waals surface area contributed by atoms with E-state index in [1.165, 1.54) is 12.1 Å². The van der Waals surface area contributed by atoms with Crippen molar-refractivity contribution in [2.75, 3.05) is 17.7 Å². The van der Waals surface area contributed by atoms with E-state index in [4.69, 9.17) is 22.1 Å². The first kappa shape index (κ1) is 15.1. The molecule has 2 rings (SSSR count). The fourth-order valence-electron chi connectivity index (χ4n) is 1.72. The summed E-state index contributed by atoms with van der Waals surface area (Å²) in [6.45, 7) is 1.65. The molecule has 0 aliphatic rings. The van der Waals surface area contributed by atoms with Gasteiger partial charge in [0.1, 0.15) is 11.6 Å². The molecule has 0 atom stereocenters. The van der Waals surface area contributed by atoms with Gasteiger partial charge in [-0.25, -0.2) is 4.39 Å². The molecule has 0 fully saturated rings. The Kier molecular flexibility index (Phi) is 4.65. The predicted octanol–water partition coefficient (Wildman–Crippen LogP) is 3.39. The van der Waals surface area contributed by atoms with E-state index in [1.54, 1.807) is 12.1 Å². The van der Waals surface area contributed by atoms with Crippen molar-refractivity contribution in [2.24, 2.45) is 0 Å². The number of halogens is 2. The van der Waals surface area contributed by atoms with Crippen LogP contribution in [0.1, 0.15) is 5.56 Å². The number of benzene rings is 2. The lowest BCUT2D eigenvalue weighted by molar-refractivity contribution is -0.118. The lowest BCUT2D eigenvalue weighted by Crippen LogP contribution is -2.20. The molecule has 0 unspecified atom stereocenters. The molecule has 1 amide bonds. The van der Waals surface area contributed by atoms with Crippen molar-refractivity contribution in [3.8, 4) is 5.75 Å². The second kappa shape index (κ2) is 6.45. The highest BCUT2D eigenvalue weighted by Gasteiger charge is 2.08. The zero-order valence-electron chi connectivity index (χ0n) is 11.3. The Morgan fingerprint density at radius 2 is 2.10 bits per heavy atom. The van der Waals surface area contributed by atoms with Crippen molar-refractivity contribution >= 4 is 28.9 Å². The van der Waals surface area contributed by atoms with Crippen LogP contribution in [-0.2, 0) is 4.79 Å². The summed E-state index contributed by atoms with van der Waals surface area (Å²) < 4.78 is 18.1. The Morgan fingerprint density at radius 3 is 2.76 bits per heavy atom. The number of hydrogen-bond donors (Lipinski definition) is 2. The minimum absolute atomic E-state index is 0.109. The van der Waals surface area contributed by atoms with E-state index in [1.807, 2.05) is 13.0 Å². The molecular weight excluding hydrogens is 295 g/mol. The van der Waals surface area contributed by atoms with Gasteiger partial charge in [0, 0.05) is 0 Å². The first-order valence-corrected chi connectivity index (χ1v) is 6.57. The highest BCUT2D eigenvalue weighted by Crippen LogP contribution is 2.25. The summed E-state index contributed by atoms with van der Waals surface area (Å²) in [7, 11) is 0. The Bertz CT molecular complexity index is 677. The number of nitrogens with one attached hydrogen (secondary N) is 1. The van der Waals surface area contributed by atoms with E-state index < -0.39 is 5.82 Å². The normalized spacial score (nSPS) is 10.2. The Morgan fingerprint density at radius 1 is 1.33 bits per heavy atom. The van der Waals surface area contributed by atoms with Gasteiger partial charge in [0.2, 0.25) is 0 Å². The Balaban J connectivity index is 1.96. The molecule has 2 aromatic carbocycles. The van der Waals surface area contributed by atoms with Crippen LogP contribution in [-0.4, -0.2) is 12.5 Å². The summed E-state index contributed by atoms with van der Waals surface area (Å²) in [4.78, 5) is 11.8. The summed E-state index contributed by atoms with van der Waals surface area (Å²) in [5.41, 5.74) is 7.79. The monoisotopic (exact) mass is 308 g/mol. The average Bonchev–Trinajstić information content (AvgIpc) is 2.41. The average molecular weight is 309 g/mol. The fraction of sp³-hybridized carbons (Fsp3) is 0.133. The molecule has 0 heterocycles. The molecule has 2 aromatic rings. The lowest BCUT2D eigenvalue weighted by Gasteiger charge is -2.10. The van der Waals surface area contributed by atoms with E-state index in [0.29, 0.717) is 11.4 Å². The Labute approximate surface area is 126 Å². The Hall–Kier alpha value is -2.27. The second-order valence-electron chi connectivity index (χ2n) is 4.50. The van der Waals surface area contributed by atoms with Crippen molar-refractivity contribution in [2.45, 2.75) is 6.92 Å². The van der Waals surface area contributed by atoms with E-state index in [9.17, 15) is 9.18 Å². The van der Waals surface area contributed by atoms with E-state index >= 15 is 0 Å². The van der Waals surface area contributed by atoms with Crippen LogP contribution in [0.2, 0.25) is 5.02 Å². The molecule has 3 N–H and O–H groups in total. The molecular formula is C15H14ClFN2O2. The van der Waals surface area contributed by atoms with Crippen LogP contribution in [0.25, 0.3) is 0 Å². The second-order valence-corrected chi connectivity index (χ2v) is 4.91. The van der Waals surface area contributed by atoms with Gasteiger partial charge in [0.05, 0.1) is 16.4 Å². The van der Waals surface area contributed by atoms with Gasteiger partial charge in [0.15, 0.2) is 6.61 Å². The van der Waals surface area contributed by atoms with Crippen LogP contribution in [0, 0.1) is 12.7 Å². The first-order chi connectivity index (χ1) is 9.95. The molecule has 0 saturated carbocycles. The van der Waals surface area contributed by atoms with Gasteiger partial charge in [-0.15, -0.1) is 0 Å². The van der Waals surface area contributed by atoms with E-state index in [2.05, 4.69) is 5.32 Å². The lowest BCUT2D eigenvalue weighted by atomic mass is 10.2. The van der Waals surface area contributed by atoms with Gasteiger partial charge in [-0.3, -0.25) is 4.79 Å². The molecule has 0 aromatic heterocycles. The molecule has 110 valence electrons. The van der Waals surface area contributed by atoms with Gasteiger partial charge < -0.3 is 15.8 Å². The minimum atomic E-state index is -0.468. The third-order valence-electron chi connectivity index (χ3n) is 2.73. The highest BCUT2D eigenvalue weighted by atomic mass is 35.5. The number of nitrogen functional groups attached to an aromatic ring is 1. The topological polar surface area (TPSA) is 64.3 Å². The SMILES string of the molecule is Cc1ccc(NC(=O)COc2ccc(F)cc2Cl)c(N)c1. The summed E-state index contributed by atoms with van der Waals surface area (Å²) in [6, 6.07) is 9.00.